The van der Waals surface area contributed by atoms with Crippen molar-refractivity contribution in [3.63, 3.8) is 0 Å². The van der Waals surface area contributed by atoms with Gasteiger partial charge in [0, 0.05) is 18.2 Å². The predicted molar refractivity (Wildman–Crippen MR) is 73.5 cm³/mol. The Morgan fingerprint density at radius 2 is 2.06 bits per heavy atom. The van der Waals surface area contributed by atoms with Crippen LogP contribution in [-0.4, -0.2) is 25.7 Å². The Balaban J connectivity index is 1.85. The first-order valence-electron chi connectivity index (χ1n) is 6.65. The number of aromatic nitrogens is 4. The van der Waals surface area contributed by atoms with Crippen LogP contribution in [0.3, 0.4) is 0 Å². The van der Waals surface area contributed by atoms with Gasteiger partial charge in [-0.25, -0.2) is 0 Å². The molecule has 0 N–H and O–H groups in total. The average molecular weight is 285 g/mol. The zero-order chi connectivity index (χ0) is 12.4. The molecule has 0 unspecified atom stereocenters. The number of aryl methyl sites for hydroxylation is 1. The van der Waals surface area contributed by atoms with Gasteiger partial charge in [0.15, 0.2) is 5.82 Å². The van der Waals surface area contributed by atoms with Gasteiger partial charge < -0.3 is 0 Å². The predicted octanol–water partition coefficient (Wildman–Crippen LogP) is 3.40. The third-order valence-corrected chi connectivity index (χ3v) is 4.78. The highest BCUT2D eigenvalue weighted by Crippen LogP contribution is 2.32. The molecule has 0 atom stereocenters. The van der Waals surface area contributed by atoms with Crippen molar-refractivity contribution in [3.05, 3.63) is 10.8 Å². The lowest BCUT2D eigenvalue weighted by atomic mass is 9.89. The van der Waals surface area contributed by atoms with E-state index in [-0.39, 0.29) is 0 Å². The van der Waals surface area contributed by atoms with Gasteiger partial charge in [-0.3, -0.25) is 0 Å². The molecule has 2 heterocycles. The lowest BCUT2D eigenvalue weighted by Crippen LogP contribution is -2.09. The molecule has 0 aromatic carbocycles. The monoisotopic (exact) mass is 284 g/mol. The van der Waals surface area contributed by atoms with E-state index in [1.807, 2.05) is 4.52 Å². The first-order valence-corrected chi connectivity index (χ1v) is 8.00. The van der Waals surface area contributed by atoms with Crippen molar-refractivity contribution < 1.29 is 0 Å². The van der Waals surface area contributed by atoms with E-state index < -0.39 is 0 Å². The van der Waals surface area contributed by atoms with Crippen LogP contribution in [0.2, 0.25) is 0 Å². The molecule has 0 amide bonds. The minimum absolute atomic E-state index is 0.553. The Morgan fingerprint density at radius 3 is 2.83 bits per heavy atom. The zero-order valence-corrected chi connectivity index (χ0v) is 11.9. The Bertz CT molecular complexity index is 515. The van der Waals surface area contributed by atoms with Crippen LogP contribution in [0.5, 0.6) is 0 Å². The van der Waals surface area contributed by atoms with Gasteiger partial charge >= 0.3 is 0 Å². The van der Waals surface area contributed by atoms with E-state index in [0.717, 1.165) is 28.6 Å². The molecule has 1 fully saturated rings. The quantitative estimate of drug-likeness (QED) is 0.808. The summed E-state index contributed by atoms with van der Waals surface area (Å²) in [7, 11) is 0. The number of nitrogens with zero attached hydrogens (tertiary/aromatic N) is 4. The van der Waals surface area contributed by atoms with Crippen LogP contribution in [0.4, 0.5) is 0 Å². The molecule has 1 aliphatic rings. The summed E-state index contributed by atoms with van der Waals surface area (Å²) in [6.07, 6.45) is 8.36. The average Bonchev–Trinajstić information content (AvgIpc) is 2.96. The van der Waals surface area contributed by atoms with Crippen LogP contribution < -0.4 is 0 Å². The van der Waals surface area contributed by atoms with Gasteiger partial charge in [0.05, 0.1) is 0 Å². The fraction of sp³-hybridized carbons (Fsp3) is 0.750. The second-order valence-electron chi connectivity index (χ2n) is 4.88. The smallest absolute Gasteiger partial charge is 0.187 e. The highest BCUT2D eigenvalue weighted by molar-refractivity contribution is 7.16. The van der Waals surface area contributed by atoms with Gasteiger partial charge in [0.2, 0.25) is 4.96 Å². The van der Waals surface area contributed by atoms with Crippen molar-refractivity contribution in [1.82, 2.24) is 19.8 Å². The van der Waals surface area contributed by atoms with Crippen molar-refractivity contribution in [2.45, 2.75) is 50.9 Å². The SMILES string of the molecule is ClCCCc1nn2c(C3CCCCC3)nnc2s1. The lowest BCUT2D eigenvalue weighted by Gasteiger charge is -2.18. The first kappa shape index (κ1) is 12.4. The Hall–Kier alpha value is -0.680. The standard InChI is InChI=1S/C12H17ClN4S/c13-8-4-7-10-16-17-11(14-15-12(17)18-10)9-5-2-1-3-6-9/h9H,1-8H2. The molecule has 1 aliphatic carbocycles. The maximum Gasteiger partial charge on any atom is 0.234 e. The maximum atomic E-state index is 5.72. The second-order valence-corrected chi connectivity index (χ2v) is 6.29. The molecule has 0 aliphatic heterocycles. The van der Waals surface area contributed by atoms with E-state index in [2.05, 4.69) is 15.3 Å². The number of halogens is 1. The highest BCUT2D eigenvalue weighted by atomic mass is 35.5. The van der Waals surface area contributed by atoms with Crippen molar-refractivity contribution in [1.29, 1.82) is 0 Å². The van der Waals surface area contributed by atoms with Crippen molar-refractivity contribution in [3.8, 4) is 0 Å². The van der Waals surface area contributed by atoms with Crippen LogP contribution >= 0.6 is 22.9 Å². The van der Waals surface area contributed by atoms with E-state index in [0.29, 0.717) is 11.8 Å². The molecule has 98 valence electrons. The highest BCUT2D eigenvalue weighted by Gasteiger charge is 2.22. The maximum absolute atomic E-state index is 5.72. The van der Waals surface area contributed by atoms with Gasteiger partial charge in [-0.2, -0.15) is 9.61 Å². The summed E-state index contributed by atoms with van der Waals surface area (Å²) in [6.45, 7) is 0. The van der Waals surface area contributed by atoms with Crippen molar-refractivity contribution in [2.24, 2.45) is 0 Å². The molecular formula is C12H17ClN4S. The van der Waals surface area contributed by atoms with E-state index in [1.165, 1.54) is 32.1 Å². The topological polar surface area (TPSA) is 43.1 Å². The molecule has 6 heteroatoms. The van der Waals surface area contributed by atoms with Crippen molar-refractivity contribution in [2.75, 3.05) is 5.88 Å². The molecule has 0 spiro atoms. The van der Waals surface area contributed by atoms with E-state index in [1.54, 1.807) is 11.3 Å². The summed E-state index contributed by atoms with van der Waals surface area (Å²) in [5.41, 5.74) is 0. The fourth-order valence-corrected chi connectivity index (χ4v) is 3.62. The Kier molecular flexibility index (Phi) is 3.80. The first-order chi connectivity index (χ1) is 8.88. The zero-order valence-electron chi connectivity index (χ0n) is 10.3. The lowest BCUT2D eigenvalue weighted by molar-refractivity contribution is 0.423. The molecule has 2 aromatic heterocycles. The summed E-state index contributed by atoms with van der Waals surface area (Å²) >= 11 is 7.36. The van der Waals surface area contributed by atoms with Gasteiger partial charge in [-0.15, -0.1) is 21.8 Å². The minimum Gasteiger partial charge on any atom is -0.187 e. The molecule has 0 bridgehead atoms. The largest absolute Gasteiger partial charge is 0.234 e. The number of rotatable bonds is 4. The van der Waals surface area contributed by atoms with Crippen LogP contribution in [0, 0.1) is 0 Å². The van der Waals surface area contributed by atoms with E-state index in [9.17, 15) is 0 Å². The molecule has 18 heavy (non-hydrogen) atoms. The number of alkyl halides is 1. The summed E-state index contributed by atoms with van der Waals surface area (Å²) in [4.78, 5) is 0.931. The third kappa shape index (κ3) is 2.38. The summed E-state index contributed by atoms with van der Waals surface area (Å²) in [5, 5.41) is 14.4. The van der Waals surface area contributed by atoms with Gasteiger partial charge in [-0.1, -0.05) is 30.6 Å². The van der Waals surface area contributed by atoms with Gasteiger partial charge in [0.1, 0.15) is 5.01 Å². The molecule has 0 saturated heterocycles. The number of hydrogen-bond acceptors (Lipinski definition) is 4. The summed E-state index contributed by atoms with van der Waals surface area (Å²) in [6, 6.07) is 0. The Morgan fingerprint density at radius 1 is 1.22 bits per heavy atom. The second kappa shape index (κ2) is 5.53. The van der Waals surface area contributed by atoms with E-state index in [4.69, 9.17) is 11.6 Å². The summed E-state index contributed by atoms with van der Waals surface area (Å²) in [5.74, 6) is 2.31. The number of fused-ring (bicyclic) bond motifs is 1. The normalized spacial score (nSPS) is 17.6. The molecule has 4 nitrogen and oxygen atoms in total. The molecule has 2 aromatic rings. The van der Waals surface area contributed by atoms with Crippen LogP contribution in [0.1, 0.15) is 55.3 Å². The number of hydrogen-bond donors (Lipinski definition) is 0. The van der Waals surface area contributed by atoms with Crippen molar-refractivity contribution >= 4 is 27.9 Å². The molecule has 1 saturated carbocycles. The van der Waals surface area contributed by atoms with Crippen LogP contribution in [0.25, 0.3) is 4.96 Å². The van der Waals surface area contributed by atoms with Crippen LogP contribution in [-0.2, 0) is 6.42 Å². The van der Waals surface area contributed by atoms with E-state index >= 15 is 0 Å². The Labute approximate surface area is 115 Å². The molecular weight excluding hydrogens is 268 g/mol. The van der Waals surface area contributed by atoms with Crippen LogP contribution in [0.15, 0.2) is 0 Å². The fourth-order valence-electron chi connectivity index (χ4n) is 2.61. The molecule has 0 radical (unpaired) electrons. The van der Waals surface area contributed by atoms with Gasteiger partial charge in [0.25, 0.3) is 0 Å². The van der Waals surface area contributed by atoms with Gasteiger partial charge in [-0.05, 0) is 19.3 Å². The minimum atomic E-state index is 0.553. The summed E-state index contributed by atoms with van der Waals surface area (Å²) < 4.78 is 1.96. The third-order valence-electron chi connectivity index (χ3n) is 3.55. The molecule has 3 rings (SSSR count).